The molecule has 0 aromatic heterocycles. The number of carbonyl (C=O) groups is 1. The molecule has 9 heteroatoms. The van der Waals surface area contributed by atoms with Crippen LogP contribution in [0.5, 0.6) is 11.5 Å². The second-order valence-electron chi connectivity index (χ2n) is 6.14. The highest BCUT2D eigenvalue weighted by molar-refractivity contribution is 9.10. The van der Waals surface area contributed by atoms with Crippen LogP contribution < -0.4 is 19.5 Å². The third-order valence-electron chi connectivity index (χ3n) is 4.16. The quantitative estimate of drug-likeness (QED) is 0.507. The van der Waals surface area contributed by atoms with Crippen LogP contribution in [-0.2, 0) is 10.0 Å². The molecule has 0 fully saturated rings. The molecule has 0 aliphatic rings. The van der Waals surface area contributed by atoms with Crippen molar-refractivity contribution in [1.82, 2.24) is 0 Å². The summed E-state index contributed by atoms with van der Waals surface area (Å²) in [5.41, 5.74) is 0.985. The zero-order valence-electron chi connectivity index (χ0n) is 16.2. The van der Waals surface area contributed by atoms with Crippen LogP contribution in [0.25, 0.3) is 0 Å². The molecule has 0 heterocycles. The number of anilines is 2. The Morgan fingerprint density at radius 3 is 2.13 bits per heavy atom. The summed E-state index contributed by atoms with van der Waals surface area (Å²) in [7, 11) is -1.05. The molecule has 0 unspecified atom stereocenters. The van der Waals surface area contributed by atoms with Gasteiger partial charge in [0.2, 0.25) is 0 Å². The molecule has 1 amide bonds. The number of sulfonamides is 1. The Labute approximate surface area is 183 Å². The zero-order chi connectivity index (χ0) is 21.7. The van der Waals surface area contributed by atoms with Gasteiger partial charge in [-0.15, -0.1) is 0 Å². The average Bonchev–Trinajstić information content (AvgIpc) is 2.74. The summed E-state index contributed by atoms with van der Waals surface area (Å²) in [4.78, 5) is 12.6. The number of nitrogens with one attached hydrogen (secondary N) is 2. The predicted octanol–water partition coefficient (Wildman–Crippen LogP) is 4.52. The summed E-state index contributed by atoms with van der Waals surface area (Å²) in [6.07, 6.45) is 0. The number of ether oxygens (including phenoxy) is 2. The maximum Gasteiger partial charge on any atom is 0.262 e. The molecule has 0 saturated carbocycles. The smallest absolute Gasteiger partial charge is 0.262 e. The molecule has 0 bridgehead atoms. The van der Waals surface area contributed by atoms with Gasteiger partial charge in [0.25, 0.3) is 15.9 Å². The standard InChI is InChI=1S/C21H19BrN2O5S/c1-28-19-13-18(24-30(26,27)16-10-6-9-15(22)11-16)20(29-2)12-17(19)23-21(25)14-7-4-3-5-8-14/h3-13,24H,1-2H3,(H,23,25). The molecule has 2 N–H and O–H groups in total. The maximum absolute atomic E-state index is 12.8. The average molecular weight is 491 g/mol. The van der Waals surface area contributed by atoms with Gasteiger partial charge in [-0.3, -0.25) is 9.52 Å². The van der Waals surface area contributed by atoms with E-state index in [-0.39, 0.29) is 28.0 Å². The lowest BCUT2D eigenvalue weighted by Gasteiger charge is -2.17. The summed E-state index contributed by atoms with van der Waals surface area (Å²) in [6.45, 7) is 0. The predicted molar refractivity (Wildman–Crippen MR) is 119 cm³/mol. The molecule has 7 nitrogen and oxygen atoms in total. The lowest BCUT2D eigenvalue weighted by molar-refractivity contribution is 0.102. The Hall–Kier alpha value is -3.04. The fraction of sp³-hybridized carbons (Fsp3) is 0.0952. The lowest BCUT2D eigenvalue weighted by Crippen LogP contribution is -2.15. The highest BCUT2D eigenvalue weighted by Crippen LogP contribution is 2.37. The summed E-state index contributed by atoms with van der Waals surface area (Å²) >= 11 is 3.27. The fourth-order valence-electron chi connectivity index (χ4n) is 2.70. The Morgan fingerprint density at radius 1 is 0.867 bits per heavy atom. The largest absolute Gasteiger partial charge is 0.494 e. The Morgan fingerprint density at radius 2 is 1.50 bits per heavy atom. The summed E-state index contributed by atoms with van der Waals surface area (Å²) in [5.74, 6) is 0.156. The topological polar surface area (TPSA) is 93.7 Å². The van der Waals surface area contributed by atoms with E-state index in [1.54, 1.807) is 36.4 Å². The molecule has 0 spiro atoms. The van der Waals surface area contributed by atoms with Crippen LogP contribution >= 0.6 is 15.9 Å². The van der Waals surface area contributed by atoms with Gasteiger partial charge in [-0.1, -0.05) is 40.2 Å². The van der Waals surface area contributed by atoms with Crippen molar-refractivity contribution >= 4 is 43.2 Å². The third kappa shape index (κ3) is 4.92. The minimum absolute atomic E-state index is 0.0827. The zero-order valence-corrected chi connectivity index (χ0v) is 18.6. The highest BCUT2D eigenvalue weighted by Gasteiger charge is 2.20. The maximum atomic E-state index is 12.8. The first-order valence-corrected chi connectivity index (χ1v) is 11.0. The minimum atomic E-state index is -3.88. The monoisotopic (exact) mass is 490 g/mol. The van der Waals surface area contributed by atoms with Gasteiger partial charge in [-0.2, -0.15) is 0 Å². The minimum Gasteiger partial charge on any atom is -0.494 e. The van der Waals surface area contributed by atoms with E-state index in [9.17, 15) is 13.2 Å². The van der Waals surface area contributed by atoms with E-state index in [4.69, 9.17) is 9.47 Å². The van der Waals surface area contributed by atoms with Crippen molar-refractivity contribution < 1.29 is 22.7 Å². The number of carbonyl (C=O) groups excluding carboxylic acids is 1. The van der Waals surface area contributed by atoms with Crippen LogP contribution in [0.4, 0.5) is 11.4 Å². The molecule has 3 rings (SSSR count). The van der Waals surface area contributed by atoms with Crippen LogP contribution in [0.15, 0.2) is 76.1 Å². The van der Waals surface area contributed by atoms with Crippen LogP contribution in [0.3, 0.4) is 0 Å². The van der Waals surface area contributed by atoms with Gasteiger partial charge in [-0.25, -0.2) is 8.42 Å². The SMILES string of the molecule is COc1cc(NS(=O)(=O)c2cccc(Br)c2)c(OC)cc1NC(=O)c1ccccc1. The molecule has 0 radical (unpaired) electrons. The van der Waals surface area contributed by atoms with Crippen LogP contribution in [0.2, 0.25) is 0 Å². The van der Waals surface area contributed by atoms with Crippen LogP contribution in [0, 0.1) is 0 Å². The Bertz CT molecular complexity index is 1170. The van der Waals surface area contributed by atoms with E-state index in [1.165, 1.54) is 38.5 Å². The van der Waals surface area contributed by atoms with Gasteiger partial charge < -0.3 is 14.8 Å². The summed E-state index contributed by atoms with van der Waals surface area (Å²) in [6, 6.07) is 18.0. The van der Waals surface area contributed by atoms with Crippen molar-refractivity contribution in [2.45, 2.75) is 4.90 Å². The van der Waals surface area contributed by atoms with Crippen molar-refractivity contribution in [2.75, 3.05) is 24.3 Å². The van der Waals surface area contributed by atoms with E-state index in [1.807, 2.05) is 6.07 Å². The number of hydrogen-bond donors (Lipinski definition) is 2. The van der Waals surface area contributed by atoms with Crippen molar-refractivity contribution in [3.63, 3.8) is 0 Å². The molecule has 3 aromatic carbocycles. The van der Waals surface area contributed by atoms with E-state index in [0.29, 0.717) is 15.7 Å². The van der Waals surface area contributed by atoms with Crippen molar-refractivity contribution in [3.05, 3.63) is 76.8 Å². The fourth-order valence-corrected chi connectivity index (χ4v) is 4.35. The van der Waals surface area contributed by atoms with E-state index in [0.717, 1.165) is 0 Å². The van der Waals surface area contributed by atoms with Crippen molar-refractivity contribution in [1.29, 1.82) is 0 Å². The highest BCUT2D eigenvalue weighted by atomic mass is 79.9. The summed E-state index contributed by atoms with van der Waals surface area (Å²) in [5, 5.41) is 2.75. The first kappa shape index (κ1) is 21.7. The number of benzene rings is 3. The van der Waals surface area contributed by atoms with Gasteiger partial charge in [0.05, 0.1) is 30.5 Å². The molecule has 0 aliphatic carbocycles. The van der Waals surface area contributed by atoms with Crippen LogP contribution in [0.1, 0.15) is 10.4 Å². The third-order valence-corrected chi connectivity index (χ3v) is 6.01. The van der Waals surface area contributed by atoms with Gasteiger partial charge in [0.15, 0.2) is 0 Å². The van der Waals surface area contributed by atoms with Crippen LogP contribution in [-0.4, -0.2) is 28.5 Å². The van der Waals surface area contributed by atoms with Gasteiger partial charge in [0, 0.05) is 22.2 Å². The molecule has 0 saturated heterocycles. The number of amides is 1. The molecular formula is C21H19BrN2O5S. The number of methoxy groups -OCH3 is 2. The normalized spacial score (nSPS) is 10.9. The van der Waals surface area contributed by atoms with Gasteiger partial charge in [0.1, 0.15) is 11.5 Å². The second kappa shape index (κ2) is 9.19. The number of rotatable bonds is 7. The number of hydrogen-bond acceptors (Lipinski definition) is 5. The molecule has 0 atom stereocenters. The summed E-state index contributed by atoms with van der Waals surface area (Å²) < 4.78 is 39.4. The Kier molecular flexibility index (Phi) is 6.63. The first-order chi connectivity index (χ1) is 14.3. The van der Waals surface area contributed by atoms with E-state index in [2.05, 4.69) is 26.0 Å². The Balaban J connectivity index is 1.94. The lowest BCUT2D eigenvalue weighted by atomic mass is 10.2. The second-order valence-corrected chi connectivity index (χ2v) is 8.73. The molecule has 3 aromatic rings. The molecule has 156 valence electrons. The first-order valence-electron chi connectivity index (χ1n) is 8.75. The van der Waals surface area contributed by atoms with Crippen molar-refractivity contribution in [3.8, 4) is 11.5 Å². The molecule has 30 heavy (non-hydrogen) atoms. The molecule has 0 aliphatic heterocycles. The van der Waals surface area contributed by atoms with Gasteiger partial charge >= 0.3 is 0 Å². The van der Waals surface area contributed by atoms with Gasteiger partial charge in [-0.05, 0) is 30.3 Å². The molecular weight excluding hydrogens is 472 g/mol. The van der Waals surface area contributed by atoms with Crippen molar-refractivity contribution in [2.24, 2.45) is 0 Å². The van der Waals surface area contributed by atoms with E-state index < -0.39 is 10.0 Å². The van der Waals surface area contributed by atoms with E-state index >= 15 is 0 Å². The number of halogens is 1.